The van der Waals surface area contributed by atoms with Crippen LogP contribution in [-0.4, -0.2) is 39.6 Å². The molecule has 0 aliphatic rings. The van der Waals surface area contributed by atoms with Crippen LogP contribution in [0.4, 0.5) is 32.2 Å². The van der Waals surface area contributed by atoms with E-state index in [4.69, 9.17) is 0 Å². The lowest BCUT2D eigenvalue weighted by molar-refractivity contribution is -0.143. The summed E-state index contributed by atoms with van der Waals surface area (Å²) in [5.41, 5.74) is -3.62. The highest BCUT2D eigenvalue weighted by Crippen LogP contribution is 2.36. The van der Waals surface area contributed by atoms with Crippen LogP contribution in [0.25, 0.3) is 0 Å². The number of aromatic nitrogens is 2. The Labute approximate surface area is 192 Å². The van der Waals surface area contributed by atoms with Gasteiger partial charge in [0.2, 0.25) is 5.91 Å². The highest BCUT2D eigenvalue weighted by atomic mass is 19.4. The van der Waals surface area contributed by atoms with Gasteiger partial charge < -0.3 is 10.2 Å². The number of halogens is 6. The van der Waals surface area contributed by atoms with Gasteiger partial charge in [-0.05, 0) is 24.6 Å². The van der Waals surface area contributed by atoms with Gasteiger partial charge in [0.1, 0.15) is 12.4 Å². The second-order valence-electron chi connectivity index (χ2n) is 8.86. The number of anilines is 1. The summed E-state index contributed by atoms with van der Waals surface area (Å²) in [4.78, 5) is 26.4. The minimum absolute atomic E-state index is 0.0527. The average molecular weight is 492 g/mol. The van der Waals surface area contributed by atoms with E-state index in [1.54, 1.807) is 20.0 Å². The lowest BCUT2D eigenvalue weighted by Crippen LogP contribution is -2.39. The van der Waals surface area contributed by atoms with Crippen molar-refractivity contribution in [3.8, 4) is 0 Å². The van der Waals surface area contributed by atoms with E-state index in [2.05, 4.69) is 10.4 Å². The molecule has 0 bridgehead atoms. The van der Waals surface area contributed by atoms with Gasteiger partial charge in [0.05, 0.1) is 16.8 Å². The maximum Gasteiger partial charge on any atom is 0.416 e. The molecule has 34 heavy (non-hydrogen) atoms. The smallest absolute Gasteiger partial charge is 0.329 e. The Morgan fingerprint density at radius 2 is 1.50 bits per heavy atom. The summed E-state index contributed by atoms with van der Waals surface area (Å²) in [5, 5.41) is 6.88. The van der Waals surface area contributed by atoms with Gasteiger partial charge in [-0.3, -0.25) is 14.3 Å². The number of carbonyl (C=O) groups excluding carboxylic acids is 2. The van der Waals surface area contributed by atoms with Gasteiger partial charge in [-0.1, -0.05) is 27.7 Å². The first-order chi connectivity index (χ1) is 15.4. The summed E-state index contributed by atoms with van der Waals surface area (Å²) in [6.07, 6.45) is -9.86. The molecule has 0 spiro atoms. The SMILES string of the molecule is CCCN(CC(=O)Nc1cc(C(C)(C)C)nn1C)C(=O)c1cc(C(F)(F)F)cc(C(F)(F)F)c1. The number of aryl methyl sites for hydroxylation is 1. The van der Waals surface area contributed by atoms with Crippen molar-refractivity contribution in [2.24, 2.45) is 7.05 Å². The van der Waals surface area contributed by atoms with Crippen LogP contribution < -0.4 is 5.32 Å². The van der Waals surface area contributed by atoms with E-state index in [9.17, 15) is 35.9 Å². The fourth-order valence-corrected chi connectivity index (χ4v) is 3.09. The highest BCUT2D eigenvalue weighted by molar-refractivity contribution is 5.99. The highest BCUT2D eigenvalue weighted by Gasteiger charge is 2.38. The van der Waals surface area contributed by atoms with E-state index in [1.165, 1.54) is 4.68 Å². The first-order valence-corrected chi connectivity index (χ1v) is 10.4. The number of nitrogens with one attached hydrogen (secondary N) is 1. The van der Waals surface area contributed by atoms with Gasteiger partial charge in [0, 0.05) is 30.6 Å². The maximum absolute atomic E-state index is 13.2. The topological polar surface area (TPSA) is 67.2 Å². The van der Waals surface area contributed by atoms with Crippen LogP contribution in [0, 0.1) is 0 Å². The monoisotopic (exact) mass is 492 g/mol. The van der Waals surface area contributed by atoms with Crippen molar-refractivity contribution in [3.05, 3.63) is 46.6 Å². The fourth-order valence-electron chi connectivity index (χ4n) is 3.09. The molecule has 1 aromatic heterocycles. The molecule has 0 aliphatic heterocycles. The molecule has 0 radical (unpaired) electrons. The van der Waals surface area contributed by atoms with Gasteiger partial charge >= 0.3 is 12.4 Å². The minimum atomic E-state index is -5.09. The number of benzene rings is 1. The van der Waals surface area contributed by atoms with Crippen molar-refractivity contribution in [3.63, 3.8) is 0 Å². The first kappa shape index (κ1) is 27.2. The predicted octanol–water partition coefficient (Wildman–Crippen LogP) is 5.25. The number of rotatable bonds is 6. The van der Waals surface area contributed by atoms with Crippen molar-refractivity contribution in [1.29, 1.82) is 0 Å². The zero-order chi connectivity index (χ0) is 26.1. The van der Waals surface area contributed by atoms with Crippen LogP contribution in [0.1, 0.15) is 61.3 Å². The van der Waals surface area contributed by atoms with Crippen LogP contribution in [0.5, 0.6) is 0 Å². The van der Waals surface area contributed by atoms with E-state index in [0.29, 0.717) is 30.1 Å². The first-order valence-electron chi connectivity index (χ1n) is 10.4. The number of hydrogen-bond donors (Lipinski definition) is 1. The Kier molecular flexibility index (Phi) is 7.73. The Morgan fingerprint density at radius 3 is 1.91 bits per heavy atom. The Balaban J connectivity index is 2.32. The molecule has 0 atom stereocenters. The van der Waals surface area contributed by atoms with E-state index < -0.39 is 47.4 Å². The molecule has 0 unspecified atom stereocenters. The molecule has 2 aromatic rings. The summed E-state index contributed by atoms with van der Waals surface area (Å²) in [7, 11) is 1.60. The van der Waals surface area contributed by atoms with E-state index in [1.807, 2.05) is 20.8 Å². The van der Waals surface area contributed by atoms with E-state index in [-0.39, 0.29) is 18.0 Å². The number of amides is 2. The Hall–Kier alpha value is -3.05. The Morgan fingerprint density at radius 1 is 0.971 bits per heavy atom. The summed E-state index contributed by atoms with van der Waals surface area (Å²) in [5.74, 6) is -1.46. The van der Waals surface area contributed by atoms with Crippen molar-refractivity contribution in [2.45, 2.75) is 51.9 Å². The van der Waals surface area contributed by atoms with Gasteiger partial charge in [-0.25, -0.2) is 0 Å². The molecular formula is C22H26F6N4O2. The minimum Gasteiger partial charge on any atom is -0.329 e. The van der Waals surface area contributed by atoms with Gasteiger partial charge in [0.15, 0.2) is 0 Å². The van der Waals surface area contributed by atoms with Crippen molar-refractivity contribution in [1.82, 2.24) is 14.7 Å². The third-order valence-electron chi connectivity index (χ3n) is 4.87. The summed E-state index contributed by atoms with van der Waals surface area (Å²) >= 11 is 0. The quantitative estimate of drug-likeness (QED) is 0.561. The molecule has 1 aromatic carbocycles. The zero-order valence-electron chi connectivity index (χ0n) is 19.4. The third kappa shape index (κ3) is 6.73. The molecule has 2 rings (SSSR count). The summed E-state index contributed by atoms with van der Waals surface area (Å²) < 4.78 is 80.4. The van der Waals surface area contributed by atoms with Crippen molar-refractivity contribution in [2.75, 3.05) is 18.4 Å². The normalized spacial score (nSPS) is 12.6. The van der Waals surface area contributed by atoms with Gasteiger partial charge in [-0.15, -0.1) is 0 Å². The molecule has 1 heterocycles. The number of nitrogens with zero attached hydrogens (tertiary/aromatic N) is 3. The maximum atomic E-state index is 13.2. The standard InChI is InChI=1S/C22H26F6N4O2/c1-6-7-32(12-18(33)29-17-11-16(20(2,3)4)30-31(17)5)19(34)13-8-14(21(23,24)25)10-15(9-13)22(26,27)28/h8-11H,6-7,12H2,1-5H3,(H,29,33). The predicted molar refractivity (Wildman–Crippen MR) is 113 cm³/mol. The van der Waals surface area contributed by atoms with Gasteiger partial charge in [0.25, 0.3) is 5.91 Å². The summed E-state index contributed by atoms with van der Waals surface area (Å²) in [6, 6.07) is 2.30. The number of hydrogen-bond acceptors (Lipinski definition) is 3. The Bertz CT molecular complexity index is 1020. The fraction of sp³-hybridized carbons (Fsp3) is 0.500. The molecule has 0 saturated carbocycles. The third-order valence-corrected chi connectivity index (χ3v) is 4.87. The van der Waals surface area contributed by atoms with Crippen LogP contribution in [0.2, 0.25) is 0 Å². The molecule has 1 N–H and O–H groups in total. The van der Waals surface area contributed by atoms with Crippen LogP contribution in [0.15, 0.2) is 24.3 Å². The summed E-state index contributed by atoms with van der Waals surface area (Å²) in [6.45, 7) is 6.80. The molecule has 0 fully saturated rings. The molecular weight excluding hydrogens is 466 g/mol. The molecule has 6 nitrogen and oxygen atoms in total. The zero-order valence-corrected chi connectivity index (χ0v) is 19.4. The lowest BCUT2D eigenvalue weighted by Gasteiger charge is -2.23. The molecule has 188 valence electrons. The van der Waals surface area contributed by atoms with E-state index in [0.717, 1.165) is 4.90 Å². The number of alkyl halides is 6. The largest absolute Gasteiger partial charge is 0.416 e. The molecule has 12 heteroatoms. The van der Waals surface area contributed by atoms with Crippen LogP contribution in [0.3, 0.4) is 0 Å². The second kappa shape index (κ2) is 9.67. The van der Waals surface area contributed by atoms with Gasteiger partial charge in [-0.2, -0.15) is 31.4 Å². The van der Waals surface area contributed by atoms with Crippen LogP contribution in [-0.2, 0) is 29.6 Å². The molecule has 2 amide bonds. The van der Waals surface area contributed by atoms with Crippen molar-refractivity contribution >= 4 is 17.6 Å². The molecule has 0 aliphatic carbocycles. The van der Waals surface area contributed by atoms with E-state index >= 15 is 0 Å². The molecule has 0 saturated heterocycles. The lowest BCUT2D eigenvalue weighted by atomic mass is 9.92. The van der Waals surface area contributed by atoms with Crippen molar-refractivity contribution < 1.29 is 35.9 Å². The average Bonchev–Trinajstić information content (AvgIpc) is 3.06. The van der Waals surface area contributed by atoms with Crippen LogP contribution >= 0.6 is 0 Å². The second-order valence-corrected chi connectivity index (χ2v) is 8.86. The number of carbonyl (C=O) groups is 2.